The summed E-state index contributed by atoms with van der Waals surface area (Å²) in [6.07, 6.45) is 1.19. The zero-order chi connectivity index (χ0) is 25.6. The van der Waals surface area contributed by atoms with Crippen LogP contribution in [0.1, 0.15) is 38.3 Å². The topological polar surface area (TPSA) is 96.7 Å². The maximum atomic E-state index is 13.5. The summed E-state index contributed by atoms with van der Waals surface area (Å²) < 4.78 is 23.6. The van der Waals surface area contributed by atoms with Crippen molar-refractivity contribution in [2.24, 2.45) is 5.41 Å². The first kappa shape index (κ1) is 23.7. The van der Waals surface area contributed by atoms with Crippen LogP contribution in [-0.4, -0.2) is 49.0 Å². The molecule has 0 saturated heterocycles. The number of methoxy groups -OCH3 is 4. The number of nitrogens with zero attached hydrogens (tertiary/aromatic N) is 3. The molecule has 0 saturated carbocycles. The van der Waals surface area contributed by atoms with E-state index in [1.807, 2.05) is 36.4 Å². The summed E-state index contributed by atoms with van der Waals surface area (Å²) >= 11 is 0. The molecule has 9 heteroatoms. The van der Waals surface area contributed by atoms with Crippen LogP contribution >= 0.6 is 0 Å². The summed E-state index contributed by atoms with van der Waals surface area (Å²) in [7, 11) is 6.38. The Bertz CT molecular complexity index is 1370. The fraction of sp³-hybridized carbons (Fsp3) is 0.370. The average molecular weight is 491 g/mol. The van der Waals surface area contributed by atoms with Crippen molar-refractivity contribution < 1.29 is 23.7 Å². The van der Waals surface area contributed by atoms with Crippen LogP contribution in [0.15, 0.2) is 47.7 Å². The van der Waals surface area contributed by atoms with Gasteiger partial charge in [-0.1, -0.05) is 19.9 Å². The van der Waals surface area contributed by atoms with Gasteiger partial charge in [-0.3, -0.25) is 4.79 Å². The van der Waals surface area contributed by atoms with E-state index < -0.39 is 6.04 Å². The van der Waals surface area contributed by atoms with Gasteiger partial charge in [-0.05, 0) is 47.7 Å². The molecule has 2 aromatic carbocycles. The maximum absolute atomic E-state index is 13.5. The van der Waals surface area contributed by atoms with Crippen LogP contribution in [-0.2, 0) is 4.79 Å². The number of carbonyl (C=O) groups excluding carboxylic acids is 1. The quantitative estimate of drug-likeness (QED) is 0.534. The van der Waals surface area contributed by atoms with E-state index in [1.165, 1.54) is 0 Å². The molecule has 0 fully saturated rings. The van der Waals surface area contributed by atoms with Crippen LogP contribution in [0.5, 0.6) is 23.0 Å². The molecule has 0 spiro atoms. The smallest absolute Gasteiger partial charge is 0.226 e. The van der Waals surface area contributed by atoms with Gasteiger partial charge in [0.25, 0.3) is 0 Å². The highest BCUT2D eigenvalue weighted by molar-refractivity contribution is 6.00. The van der Waals surface area contributed by atoms with E-state index in [4.69, 9.17) is 29.0 Å². The third-order valence-electron chi connectivity index (χ3n) is 6.70. The molecule has 1 unspecified atom stereocenters. The molecule has 188 valence electrons. The first-order valence-corrected chi connectivity index (χ1v) is 11.7. The summed E-state index contributed by atoms with van der Waals surface area (Å²) in [5.74, 6) is 3.59. The number of nitrogens with one attached hydrogen (secondary N) is 1. The summed E-state index contributed by atoms with van der Waals surface area (Å²) in [6.45, 7) is 4.21. The van der Waals surface area contributed by atoms with Crippen molar-refractivity contribution in [3.8, 4) is 34.4 Å². The van der Waals surface area contributed by atoms with E-state index in [0.29, 0.717) is 46.8 Å². The Morgan fingerprint density at radius 2 is 1.53 bits per heavy atom. The lowest BCUT2D eigenvalue weighted by atomic mass is 9.73. The summed E-state index contributed by atoms with van der Waals surface area (Å²) in [6, 6.07) is 10.8. The molecule has 1 atom stereocenters. The highest BCUT2D eigenvalue weighted by Crippen LogP contribution is 2.47. The Morgan fingerprint density at radius 3 is 2.19 bits per heavy atom. The number of allylic oxidation sites excluding steroid dienone is 2. The van der Waals surface area contributed by atoms with Crippen molar-refractivity contribution >= 4 is 11.7 Å². The standard InChI is InChI=1S/C27H30N4O5/c1-27(2)13-17-23(18(32)14-27)24(15-7-9-19(33-3)21(11-15)35-5)31-26(28-17)29-25(30-31)16-8-10-20(34-4)22(12-16)36-6/h7-12,24H,13-14H2,1-6H3,(H,28,29,30). The fourth-order valence-corrected chi connectivity index (χ4v) is 5.04. The van der Waals surface area contributed by atoms with Gasteiger partial charge in [-0.2, -0.15) is 4.98 Å². The largest absolute Gasteiger partial charge is 0.493 e. The molecule has 9 nitrogen and oxygen atoms in total. The Hall–Kier alpha value is -4.01. The number of fused-ring (bicyclic) bond motifs is 1. The monoisotopic (exact) mass is 490 g/mol. The summed E-state index contributed by atoms with van der Waals surface area (Å²) in [5.41, 5.74) is 3.07. The SMILES string of the molecule is COc1ccc(-c2nc3n(n2)C(c2ccc(OC)c(OC)c2)C2=C(CC(C)(C)CC2=O)N3)cc1OC. The van der Waals surface area contributed by atoms with Gasteiger partial charge in [-0.25, -0.2) is 4.68 Å². The minimum atomic E-state index is -0.457. The zero-order valence-corrected chi connectivity index (χ0v) is 21.3. The van der Waals surface area contributed by atoms with E-state index in [9.17, 15) is 4.79 Å². The third-order valence-corrected chi connectivity index (χ3v) is 6.70. The van der Waals surface area contributed by atoms with E-state index in [-0.39, 0.29) is 11.2 Å². The molecule has 2 heterocycles. The second kappa shape index (κ2) is 8.89. The Balaban J connectivity index is 1.67. The van der Waals surface area contributed by atoms with Gasteiger partial charge in [-0.15, -0.1) is 5.10 Å². The predicted molar refractivity (Wildman–Crippen MR) is 135 cm³/mol. The van der Waals surface area contributed by atoms with Gasteiger partial charge < -0.3 is 24.3 Å². The number of Topliss-reactive ketones (excluding diaryl/α,β-unsaturated/α-hetero) is 1. The molecule has 1 aromatic heterocycles. The van der Waals surface area contributed by atoms with Crippen LogP contribution in [0.2, 0.25) is 0 Å². The van der Waals surface area contributed by atoms with Gasteiger partial charge in [0, 0.05) is 23.3 Å². The first-order valence-electron chi connectivity index (χ1n) is 11.7. The van der Waals surface area contributed by atoms with Crippen molar-refractivity contribution in [3.05, 3.63) is 53.2 Å². The van der Waals surface area contributed by atoms with Crippen LogP contribution in [0.4, 0.5) is 5.95 Å². The van der Waals surface area contributed by atoms with E-state index in [1.54, 1.807) is 33.1 Å². The van der Waals surface area contributed by atoms with Crippen LogP contribution in [0.3, 0.4) is 0 Å². The van der Waals surface area contributed by atoms with Crippen molar-refractivity contribution in [1.82, 2.24) is 14.8 Å². The van der Waals surface area contributed by atoms with Crippen molar-refractivity contribution in [2.75, 3.05) is 33.8 Å². The lowest BCUT2D eigenvalue weighted by Crippen LogP contribution is -2.36. The second-order valence-electron chi connectivity index (χ2n) is 9.75. The number of hydrogen-bond donors (Lipinski definition) is 1. The molecule has 1 N–H and O–H groups in total. The molecule has 0 radical (unpaired) electrons. The van der Waals surface area contributed by atoms with Gasteiger partial charge >= 0.3 is 0 Å². The number of hydrogen-bond acceptors (Lipinski definition) is 8. The third kappa shape index (κ3) is 3.94. The van der Waals surface area contributed by atoms with Crippen molar-refractivity contribution in [2.45, 2.75) is 32.7 Å². The van der Waals surface area contributed by atoms with E-state index in [0.717, 1.165) is 23.2 Å². The van der Waals surface area contributed by atoms with E-state index in [2.05, 4.69) is 19.2 Å². The van der Waals surface area contributed by atoms with Crippen molar-refractivity contribution in [1.29, 1.82) is 0 Å². The predicted octanol–water partition coefficient (Wildman–Crippen LogP) is 4.64. The maximum Gasteiger partial charge on any atom is 0.226 e. The van der Waals surface area contributed by atoms with Gasteiger partial charge in [0.2, 0.25) is 5.95 Å². The molecule has 1 aliphatic carbocycles. The van der Waals surface area contributed by atoms with Crippen molar-refractivity contribution in [3.63, 3.8) is 0 Å². The first-order chi connectivity index (χ1) is 17.3. The molecule has 0 amide bonds. The molecular weight excluding hydrogens is 460 g/mol. The Kier molecular flexibility index (Phi) is 5.86. The molecule has 5 rings (SSSR count). The van der Waals surface area contributed by atoms with Gasteiger partial charge in [0.1, 0.15) is 6.04 Å². The normalized spacial score (nSPS) is 18.2. The molecule has 36 heavy (non-hydrogen) atoms. The number of ketones is 1. The van der Waals surface area contributed by atoms with E-state index >= 15 is 0 Å². The van der Waals surface area contributed by atoms with Crippen LogP contribution < -0.4 is 24.3 Å². The van der Waals surface area contributed by atoms with Crippen LogP contribution in [0, 0.1) is 5.41 Å². The van der Waals surface area contributed by atoms with Gasteiger partial charge in [0.15, 0.2) is 34.6 Å². The minimum Gasteiger partial charge on any atom is -0.493 e. The lowest BCUT2D eigenvalue weighted by molar-refractivity contribution is -0.118. The number of ether oxygens (including phenoxy) is 4. The second-order valence-corrected chi connectivity index (χ2v) is 9.75. The number of anilines is 1. The number of benzene rings is 2. The molecule has 2 aliphatic rings. The lowest BCUT2D eigenvalue weighted by Gasteiger charge is -2.38. The Morgan fingerprint density at radius 1 is 0.889 bits per heavy atom. The number of aromatic nitrogens is 3. The highest BCUT2D eigenvalue weighted by Gasteiger charge is 2.42. The summed E-state index contributed by atoms with van der Waals surface area (Å²) in [4.78, 5) is 18.3. The average Bonchev–Trinajstić information content (AvgIpc) is 3.29. The molecular formula is C27H30N4O5. The molecule has 3 aromatic rings. The minimum absolute atomic E-state index is 0.0994. The van der Waals surface area contributed by atoms with Crippen LogP contribution in [0.25, 0.3) is 11.4 Å². The Labute approximate surface area is 210 Å². The van der Waals surface area contributed by atoms with Gasteiger partial charge in [0.05, 0.1) is 28.4 Å². The number of rotatable bonds is 6. The molecule has 0 bridgehead atoms. The molecule has 1 aliphatic heterocycles. The fourth-order valence-electron chi connectivity index (χ4n) is 5.04. The highest BCUT2D eigenvalue weighted by atomic mass is 16.5. The summed E-state index contributed by atoms with van der Waals surface area (Å²) in [5, 5.41) is 8.27. The zero-order valence-electron chi connectivity index (χ0n) is 21.3. The number of carbonyl (C=O) groups is 1.